The summed E-state index contributed by atoms with van der Waals surface area (Å²) in [6.07, 6.45) is 5.64. The van der Waals surface area contributed by atoms with Crippen LogP contribution in [0.4, 0.5) is 0 Å². The second kappa shape index (κ2) is 8.48. The van der Waals surface area contributed by atoms with E-state index in [0.717, 1.165) is 42.4 Å². The zero-order valence-electron chi connectivity index (χ0n) is 11.7. The summed E-state index contributed by atoms with van der Waals surface area (Å²) in [5.41, 5.74) is 2.71. The molecule has 104 valence electrons. The van der Waals surface area contributed by atoms with Gasteiger partial charge in [-0.05, 0) is 29.5 Å². The van der Waals surface area contributed by atoms with Crippen molar-refractivity contribution in [2.45, 2.75) is 39.2 Å². The number of benzene rings is 1. The van der Waals surface area contributed by atoms with Crippen LogP contribution < -0.4 is 0 Å². The van der Waals surface area contributed by atoms with Gasteiger partial charge >= 0.3 is 5.97 Å². The molecule has 0 atom stereocenters. The molecule has 1 rings (SSSR count). The van der Waals surface area contributed by atoms with Crippen molar-refractivity contribution in [3.05, 3.63) is 41.5 Å². The SMILES string of the molecule is CCCCC/C(=C\C(=O)OC)c1ccccc1CO. The minimum Gasteiger partial charge on any atom is -0.466 e. The van der Waals surface area contributed by atoms with Crippen molar-refractivity contribution in [2.24, 2.45) is 0 Å². The fraction of sp³-hybridized carbons (Fsp3) is 0.438. The Morgan fingerprint density at radius 1 is 1.32 bits per heavy atom. The smallest absolute Gasteiger partial charge is 0.330 e. The summed E-state index contributed by atoms with van der Waals surface area (Å²) in [4.78, 5) is 11.5. The standard InChI is InChI=1S/C16H22O3/c1-3-4-5-8-13(11-16(18)19-2)15-10-7-6-9-14(15)12-17/h6-7,9-11,17H,3-5,8,12H2,1-2H3/b13-11+. The van der Waals surface area contributed by atoms with Crippen molar-refractivity contribution in [1.82, 2.24) is 0 Å². The minimum atomic E-state index is -0.348. The normalized spacial score (nSPS) is 11.4. The number of carbonyl (C=O) groups is 1. The van der Waals surface area contributed by atoms with Gasteiger partial charge < -0.3 is 9.84 Å². The molecular formula is C16H22O3. The van der Waals surface area contributed by atoms with Crippen LogP contribution in [-0.2, 0) is 16.1 Å². The van der Waals surface area contributed by atoms with Crippen molar-refractivity contribution >= 4 is 11.5 Å². The van der Waals surface area contributed by atoms with Crippen molar-refractivity contribution in [2.75, 3.05) is 7.11 Å². The molecule has 0 aromatic heterocycles. The predicted octanol–water partition coefficient (Wildman–Crippen LogP) is 3.32. The van der Waals surface area contributed by atoms with Crippen LogP contribution in [0, 0.1) is 0 Å². The van der Waals surface area contributed by atoms with Gasteiger partial charge in [-0.2, -0.15) is 0 Å². The van der Waals surface area contributed by atoms with Crippen molar-refractivity contribution in [1.29, 1.82) is 0 Å². The number of aliphatic hydroxyl groups is 1. The monoisotopic (exact) mass is 262 g/mol. The van der Waals surface area contributed by atoms with Gasteiger partial charge in [-0.3, -0.25) is 0 Å². The Balaban J connectivity index is 3.01. The van der Waals surface area contributed by atoms with Crippen LogP contribution in [0.2, 0.25) is 0 Å². The van der Waals surface area contributed by atoms with Gasteiger partial charge in [0, 0.05) is 6.08 Å². The first-order valence-electron chi connectivity index (χ1n) is 6.70. The minimum absolute atomic E-state index is 0.0253. The van der Waals surface area contributed by atoms with E-state index < -0.39 is 0 Å². The number of aliphatic hydroxyl groups excluding tert-OH is 1. The van der Waals surface area contributed by atoms with Crippen LogP contribution in [0.1, 0.15) is 43.7 Å². The summed E-state index contributed by atoms with van der Waals surface area (Å²) in [5, 5.41) is 9.39. The highest BCUT2D eigenvalue weighted by Crippen LogP contribution is 2.25. The van der Waals surface area contributed by atoms with Crippen molar-refractivity contribution in [3.63, 3.8) is 0 Å². The van der Waals surface area contributed by atoms with Crippen molar-refractivity contribution in [3.8, 4) is 0 Å². The molecule has 1 aromatic carbocycles. The molecule has 0 heterocycles. The molecule has 3 heteroatoms. The zero-order chi connectivity index (χ0) is 14.1. The van der Waals surface area contributed by atoms with E-state index in [1.807, 2.05) is 24.3 Å². The number of ether oxygens (including phenoxy) is 1. The second-order valence-corrected chi connectivity index (χ2v) is 4.47. The first kappa shape index (κ1) is 15.4. The first-order chi connectivity index (χ1) is 9.22. The molecule has 0 saturated heterocycles. The number of methoxy groups -OCH3 is 1. The van der Waals surface area contributed by atoms with Gasteiger partial charge in [0.15, 0.2) is 0 Å². The molecular weight excluding hydrogens is 240 g/mol. The maximum Gasteiger partial charge on any atom is 0.330 e. The summed E-state index contributed by atoms with van der Waals surface area (Å²) in [7, 11) is 1.38. The highest BCUT2D eigenvalue weighted by atomic mass is 16.5. The molecule has 0 spiro atoms. The second-order valence-electron chi connectivity index (χ2n) is 4.47. The molecule has 0 unspecified atom stereocenters. The number of rotatable bonds is 7. The Kier molecular flexibility index (Phi) is 6.90. The maximum absolute atomic E-state index is 11.5. The molecule has 1 aromatic rings. The summed E-state index contributed by atoms with van der Waals surface area (Å²) >= 11 is 0. The fourth-order valence-corrected chi connectivity index (χ4v) is 2.02. The quantitative estimate of drug-likeness (QED) is 0.466. The number of esters is 1. The molecule has 0 fully saturated rings. The van der Waals surface area contributed by atoms with E-state index in [1.54, 1.807) is 0 Å². The Morgan fingerprint density at radius 3 is 2.68 bits per heavy atom. The Morgan fingerprint density at radius 2 is 2.05 bits per heavy atom. The fourth-order valence-electron chi connectivity index (χ4n) is 2.02. The lowest BCUT2D eigenvalue weighted by Gasteiger charge is -2.11. The van der Waals surface area contributed by atoms with Gasteiger partial charge in [0.05, 0.1) is 13.7 Å². The van der Waals surface area contributed by atoms with E-state index in [4.69, 9.17) is 4.74 Å². The first-order valence-corrected chi connectivity index (χ1v) is 6.70. The predicted molar refractivity (Wildman–Crippen MR) is 76.5 cm³/mol. The molecule has 1 N–H and O–H groups in total. The lowest BCUT2D eigenvalue weighted by Crippen LogP contribution is -2.00. The maximum atomic E-state index is 11.5. The highest BCUT2D eigenvalue weighted by molar-refractivity contribution is 5.91. The molecule has 3 nitrogen and oxygen atoms in total. The zero-order valence-corrected chi connectivity index (χ0v) is 11.7. The summed E-state index contributed by atoms with van der Waals surface area (Å²) in [5.74, 6) is -0.348. The number of hydrogen-bond donors (Lipinski definition) is 1. The molecule has 19 heavy (non-hydrogen) atoms. The van der Waals surface area contributed by atoms with Crippen LogP contribution in [0.15, 0.2) is 30.3 Å². The van der Waals surface area contributed by atoms with Crippen LogP contribution in [0.5, 0.6) is 0 Å². The van der Waals surface area contributed by atoms with E-state index in [1.165, 1.54) is 13.2 Å². The Labute approximate surface area is 114 Å². The lowest BCUT2D eigenvalue weighted by molar-refractivity contribution is -0.134. The summed E-state index contributed by atoms with van der Waals surface area (Å²) < 4.78 is 4.70. The summed E-state index contributed by atoms with van der Waals surface area (Å²) in [6.45, 7) is 2.12. The Hall–Kier alpha value is -1.61. The van der Waals surface area contributed by atoms with E-state index in [2.05, 4.69) is 6.92 Å². The highest BCUT2D eigenvalue weighted by Gasteiger charge is 2.09. The number of unbranched alkanes of at least 4 members (excludes halogenated alkanes) is 2. The third-order valence-electron chi connectivity index (χ3n) is 3.08. The molecule has 0 aliphatic rings. The average molecular weight is 262 g/mol. The van der Waals surface area contributed by atoms with Crippen LogP contribution in [0.3, 0.4) is 0 Å². The molecule has 0 aliphatic heterocycles. The van der Waals surface area contributed by atoms with Crippen LogP contribution in [0.25, 0.3) is 5.57 Å². The molecule has 0 amide bonds. The summed E-state index contributed by atoms with van der Waals surface area (Å²) in [6, 6.07) is 7.61. The largest absolute Gasteiger partial charge is 0.466 e. The van der Waals surface area contributed by atoms with E-state index in [9.17, 15) is 9.90 Å². The van der Waals surface area contributed by atoms with Gasteiger partial charge in [-0.25, -0.2) is 4.79 Å². The van der Waals surface area contributed by atoms with Gasteiger partial charge in [0.2, 0.25) is 0 Å². The molecule has 0 bridgehead atoms. The van der Waals surface area contributed by atoms with Gasteiger partial charge in [0.1, 0.15) is 0 Å². The third kappa shape index (κ3) is 4.87. The van der Waals surface area contributed by atoms with Crippen LogP contribution >= 0.6 is 0 Å². The number of carbonyl (C=O) groups excluding carboxylic acids is 1. The molecule has 0 saturated carbocycles. The van der Waals surface area contributed by atoms with Crippen LogP contribution in [-0.4, -0.2) is 18.2 Å². The molecule has 0 radical (unpaired) electrons. The number of allylic oxidation sites excluding steroid dienone is 1. The van der Waals surface area contributed by atoms with E-state index in [-0.39, 0.29) is 12.6 Å². The van der Waals surface area contributed by atoms with Gasteiger partial charge in [-0.1, -0.05) is 44.0 Å². The average Bonchev–Trinajstić information content (AvgIpc) is 2.46. The van der Waals surface area contributed by atoms with E-state index >= 15 is 0 Å². The van der Waals surface area contributed by atoms with Gasteiger partial charge in [0.25, 0.3) is 0 Å². The topological polar surface area (TPSA) is 46.5 Å². The lowest BCUT2D eigenvalue weighted by atomic mass is 9.95. The van der Waals surface area contributed by atoms with Gasteiger partial charge in [-0.15, -0.1) is 0 Å². The number of hydrogen-bond acceptors (Lipinski definition) is 3. The van der Waals surface area contributed by atoms with Crippen molar-refractivity contribution < 1.29 is 14.6 Å². The third-order valence-corrected chi connectivity index (χ3v) is 3.08. The molecule has 0 aliphatic carbocycles. The van der Waals surface area contributed by atoms with E-state index in [0.29, 0.717) is 0 Å². The Bertz CT molecular complexity index is 435.